The lowest BCUT2D eigenvalue weighted by Crippen LogP contribution is -2.30. The highest BCUT2D eigenvalue weighted by Crippen LogP contribution is 2.54. The molecule has 0 amide bonds. The quantitative estimate of drug-likeness (QED) is 0.325. The third kappa shape index (κ3) is 2.95. The van der Waals surface area contributed by atoms with Gasteiger partial charge in [0.2, 0.25) is 0 Å². The number of nitrogens with zero attached hydrogens (tertiary/aromatic N) is 1. The van der Waals surface area contributed by atoms with E-state index in [-0.39, 0.29) is 28.3 Å². The first-order valence-corrected chi connectivity index (χ1v) is 9.54. The molecule has 0 aliphatic carbocycles. The van der Waals surface area contributed by atoms with Crippen molar-refractivity contribution in [1.82, 2.24) is 0 Å². The maximum Gasteiger partial charge on any atom is 0.340 e. The molecule has 1 unspecified atom stereocenters. The van der Waals surface area contributed by atoms with Gasteiger partial charge in [0.1, 0.15) is 17.2 Å². The Hall–Kier alpha value is -4.07. The molecular weight excluding hydrogens is 402 g/mol. The third-order valence-corrected chi connectivity index (χ3v) is 5.46. The van der Waals surface area contributed by atoms with E-state index in [2.05, 4.69) is 0 Å². The van der Waals surface area contributed by atoms with E-state index in [9.17, 15) is 30.2 Å². The van der Waals surface area contributed by atoms with Crippen molar-refractivity contribution in [2.75, 3.05) is 0 Å². The number of esters is 1. The molecule has 3 N–H and O–H groups in total. The number of nitro benzene ring substituents is 1. The van der Waals surface area contributed by atoms with Crippen LogP contribution in [0.15, 0.2) is 54.6 Å². The number of fused-ring (bicyclic) bond motifs is 1. The number of carbonyl (C=O) groups is 1. The van der Waals surface area contributed by atoms with E-state index in [1.807, 2.05) is 13.8 Å². The van der Waals surface area contributed by atoms with E-state index in [1.165, 1.54) is 12.1 Å². The van der Waals surface area contributed by atoms with E-state index in [0.717, 1.165) is 12.1 Å². The average Bonchev–Trinajstić information content (AvgIpc) is 3.00. The summed E-state index contributed by atoms with van der Waals surface area (Å²) in [6, 6.07) is 12.9. The zero-order chi connectivity index (χ0) is 22.5. The molecule has 1 aliphatic rings. The average molecular weight is 421 g/mol. The Morgan fingerprint density at radius 1 is 1.00 bits per heavy atom. The van der Waals surface area contributed by atoms with Crippen LogP contribution in [0.2, 0.25) is 0 Å². The summed E-state index contributed by atoms with van der Waals surface area (Å²) in [5.74, 6) is -2.31. The van der Waals surface area contributed by atoms with Gasteiger partial charge in [-0.05, 0) is 12.0 Å². The Kier molecular flexibility index (Phi) is 4.57. The van der Waals surface area contributed by atoms with Crippen LogP contribution in [0.25, 0.3) is 0 Å². The highest BCUT2D eigenvalue weighted by molar-refractivity contribution is 5.96. The highest BCUT2D eigenvalue weighted by Gasteiger charge is 2.52. The fraction of sp³-hybridized carbons (Fsp3) is 0.174. The van der Waals surface area contributed by atoms with Crippen molar-refractivity contribution in [3.8, 4) is 17.2 Å². The third-order valence-electron chi connectivity index (χ3n) is 5.46. The molecule has 0 aromatic heterocycles. The second-order valence-corrected chi connectivity index (χ2v) is 7.66. The molecule has 0 saturated carbocycles. The molecular formula is C23H19NO7. The summed E-state index contributed by atoms with van der Waals surface area (Å²) >= 11 is 0. The predicted molar refractivity (Wildman–Crippen MR) is 110 cm³/mol. The first-order chi connectivity index (χ1) is 14.7. The van der Waals surface area contributed by atoms with Crippen molar-refractivity contribution in [1.29, 1.82) is 0 Å². The lowest BCUT2D eigenvalue weighted by Gasteiger charge is -2.31. The minimum Gasteiger partial charge on any atom is -0.508 e. The van der Waals surface area contributed by atoms with Gasteiger partial charge in [-0.25, -0.2) is 4.79 Å². The number of nitro groups is 1. The smallest absolute Gasteiger partial charge is 0.340 e. The van der Waals surface area contributed by atoms with Gasteiger partial charge in [-0.1, -0.05) is 44.2 Å². The van der Waals surface area contributed by atoms with Gasteiger partial charge in [0, 0.05) is 34.9 Å². The van der Waals surface area contributed by atoms with Crippen LogP contribution in [0, 0.1) is 10.1 Å². The number of benzene rings is 3. The van der Waals surface area contributed by atoms with E-state index in [4.69, 9.17) is 4.74 Å². The largest absolute Gasteiger partial charge is 0.508 e. The summed E-state index contributed by atoms with van der Waals surface area (Å²) in [5, 5.41) is 42.8. The Balaban J connectivity index is 2.12. The van der Waals surface area contributed by atoms with Crippen LogP contribution in [0.4, 0.5) is 5.69 Å². The van der Waals surface area contributed by atoms with Gasteiger partial charge in [-0.15, -0.1) is 0 Å². The number of phenols is 3. The molecule has 8 nitrogen and oxygen atoms in total. The standard InChI is InChI=1S/C23H19NO7/c1-12(2)15-8-7-13(9-18(15)24(29)30)23(21-19(26)10-14(25)11-20(21)27)17-6-4-3-5-16(17)22(28)31-23/h3-12,25-27H,1-2H3. The van der Waals surface area contributed by atoms with Crippen molar-refractivity contribution < 1.29 is 29.8 Å². The highest BCUT2D eigenvalue weighted by atomic mass is 16.6. The molecule has 4 rings (SSSR count). The first-order valence-electron chi connectivity index (χ1n) is 9.54. The number of ether oxygens (including phenoxy) is 1. The molecule has 31 heavy (non-hydrogen) atoms. The molecule has 3 aromatic rings. The van der Waals surface area contributed by atoms with Crippen molar-refractivity contribution >= 4 is 11.7 Å². The Morgan fingerprint density at radius 2 is 1.65 bits per heavy atom. The molecule has 3 aromatic carbocycles. The van der Waals surface area contributed by atoms with Crippen molar-refractivity contribution in [2.45, 2.75) is 25.4 Å². The van der Waals surface area contributed by atoms with Gasteiger partial charge in [-0.2, -0.15) is 0 Å². The normalized spacial score (nSPS) is 17.5. The molecule has 0 fully saturated rings. The summed E-state index contributed by atoms with van der Waals surface area (Å²) in [5.41, 5.74) is -1.05. The Morgan fingerprint density at radius 3 is 2.26 bits per heavy atom. The molecule has 8 heteroatoms. The Bertz CT molecular complexity index is 1210. The van der Waals surface area contributed by atoms with Crippen LogP contribution in [0.1, 0.15) is 52.4 Å². The van der Waals surface area contributed by atoms with Crippen LogP contribution in [0.5, 0.6) is 17.2 Å². The summed E-state index contributed by atoms with van der Waals surface area (Å²) in [6.45, 7) is 3.64. The van der Waals surface area contributed by atoms with Crippen LogP contribution in [-0.4, -0.2) is 26.2 Å². The zero-order valence-corrected chi connectivity index (χ0v) is 16.7. The number of phenolic OH excluding ortho intramolecular Hbond substituents is 3. The molecule has 0 radical (unpaired) electrons. The minimum atomic E-state index is -1.85. The minimum absolute atomic E-state index is 0.140. The number of carbonyl (C=O) groups excluding carboxylic acids is 1. The van der Waals surface area contributed by atoms with Crippen LogP contribution in [-0.2, 0) is 10.3 Å². The van der Waals surface area contributed by atoms with E-state index < -0.39 is 33.7 Å². The molecule has 1 aliphatic heterocycles. The topological polar surface area (TPSA) is 130 Å². The fourth-order valence-corrected chi connectivity index (χ4v) is 4.13. The van der Waals surface area contributed by atoms with Crippen LogP contribution < -0.4 is 0 Å². The molecule has 1 atom stereocenters. The number of rotatable bonds is 4. The van der Waals surface area contributed by atoms with E-state index in [1.54, 1.807) is 30.3 Å². The lowest BCUT2D eigenvalue weighted by atomic mass is 9.78. The predicted octanol–water partition coefficient (Wildman–Crippen LogP) is 4.30. The van der Waals surface area contributed by atoms with Gasteiger partial charge >= 0.3 is 5.97 Å². The summed E-state index contributed by atoms with van der Waals surface area (Å²) in [7, 11) is 0. The fourth-order valence-electron chi connectivity index (χ4n) is 4.13. The zero-order valence-electron chi connectivity index (χ0n) is 16.7. The number of aromatic hydroxyl groups is 3. The van der Waals surface area contributed by atoms with Crippen molar-refractivity contribution in [2.24, 2.45) is 0 Å². The van der Waals surface area contributed by atoms with Crippen molar-refractivity contribution in [3.05, 3.63) is 92.5 Å². The maximum absolute atomic E-state index is 12.7. The van der Waals surface area contributed by atoms with Gasteiger partial charge in [0.05, 0.1) is 16.1 Å². The summed E-state index contributed by atoms with van der Waals surface area (Å²) in [6.07, 6.45) is 0. The molecule has 0 bridgehead atoms. The second kappa shape index (κ2) is 7.02. The van der Waals surface area contributed by atoms with Crippen LogP contribution >= 0.6 is 0 Å². The summed E-state index contributed by atoms with van der Waals surface area (Å²) < 4.78 is 5.76. The number of hydrogen-bond donors (Lipinski definition) is 3. The number of hydrogen-bond acceptors (Lipinski definition) is 7. The SMILES string of the molecule is CC(C)c1ccc(C2(c3c(O)cc(O)cc3O)OC(=O)c3ccccc32)cc1[N+](=O)[O-]. The van der Waals surface area contributed by atoms with Crippen LogP contribution in [0.3, 0.4) is 0 Å². The second-order valence-electron chi connectivity index (χ2n) is 7.66. The lowest BCUT2D eigenvalue weighted by molar-refractivity contribution is -0.385. The molecule has 0 spiro atoms. The van der Waals surface area contributed by atoms with Crippen molar-refractivity contribution in [3.63, 3.8) is 0 Å². The van der Waals surface area contributed by atoms with Gasteiger partial charge < -0.3 is 20.1 Å². The Labute approximate surface area is 177 Å². The number of cyclic esters (lactones) is 1. The monoisotopic (exact) mass is 421 g/mol. The van der Waals surface area contributed by atoms with Gasteiger partial charge in [0.25, 0.3) is 5.69 Å². The summed E-state index contributed by atoms with van der Waals surface area (Å²) in [4.78, 5) is 24.0. The maximum atomic E-state index is 12.7. The van der Waals surface area contributed by atoms with E-state index in [0.29, 0.717) is 11.1 Å². The molecule has 0 saturated heterocycles. The van der Waals surface area contributed by atoms with Gasteiger partial charge in [0.15, 0.2) is 5.60 Å². The molecule has 1 heterocycles. The first kappa shape index (κ1) is 20.2. The van der Waals surface area contributed by atoms with Gasteiger partial charge in [-0.3, -0.25) is 10.1 Å². The molecule has 158 valence electrons. The van der Waals surface area contributed by atoms with E-state index >= 15 is 0 Å².